The van der Waals surface area contributed by atoms with Crippen molar-refractivity contribution in [3.8, 4) is 0 Å². The SMILES string of the molecule is Cc1ccc(N)cc1NC(=O)OCCCO. The number of hydrogen-bond donors (Lipinski definition) is 3. The number of aliphatic hydroxyl groups is 1. The van der Waals surface area contributed by atoms with Gasteiger partial charge in [-0.05, 0) is 24.6 Å². The highest BCUT2D eigenvalue weighted by molar-refractivity contribution is 5.86. The van der Waals surface area contributed by atoms with Crippen molar-refractivity contribution in [2.24, 2.45) is 0 Å². The maximum Gasteiger partial charge on any atom is 0.411 e. The van der Waals surface area contributed by atoms with Gasteiger partial charge in [0.2, 0.25) is 0 Å². The number of anilines is 2. The first-order valence-electron chi connectivity index (χ1n) is 5.04. The maximum atomic E-state index is 11.3. The first-order valence-corrected chi connectivity index (χ1v) is 5.04. The Hall–Kier alpha value is -1.75. The van der Waals surface area contributed by atoms with Gasteiger partial charge in [-0.25, -0.2) is 4.79 Å². The van der Waals surface area contributed by atoms with Gasteiger partial charge in [-0.3, -0.25) is 5.32 Å². The number of aliphatic hydroxyl groups excluding tert-OH is 1. The molecule has 0 radical (unpaired) electrons. The van der Waals surface area contributed by atoms with E-state index < -0.39 is 6.09 Å². The van der Waals surface area contributed by atoms with E-state index in [2.05, 4.69) is 5.32 Å². The molecule has 0 fully saturated rings. The number of benzene rings is 1. The predicted octanol–water partition coefficient (Wildman–Crippen LogP) is 1.51. The van der Waals surface area contributed by atoms with Crippen LogP contribution in [0.5, 0.6) is 0 Å². The molecule has 5 heteroatoms. The molecule has 0 aliphatic rings. The predicted molar refractivity (Wildman–Crippen MR) is 62.3 cm³/mol. The fourth-order valence-electron chi connectivity index (χ4n) is 1.15. The van der Waals surface area contributed by atoms with E-state index in [1.165, 1.54) is 0 Å². The van der Waals surface area contributed by atoms with Crippen molar-refractivity contribution in [1.29, 1.82) is 0 Å². The molecule has 1 amide bonds. The molecule has 0 aliphatic heterocycles. The Morgan fingerprint density at radius 3 is 3.00 bits per heavy atom. The number of rotatable bonds is 4. The highest BCUT2D eigenvalue weighted by Crippen LogP contribution is 2.18. The first-order chi connectivity index (χ1) is 7.63. The molecule has 1 aromatic carbocycles. The topological polar surface area (TPSA) is 84.6 Å². The molecule has 0 spiro atoms. The average molecular weight is 224 g/mol. The molecule has 0 aromatic heterocycles. The number of nitrogens with two attached hydrogens (primary N) is 1. The smallest absolute Gasteiger partial charge is 0.411 e. The molecular formula is C11H16N2O3. The van der Waals surface area contributed by atoms with Gasteiger partial charge in [-0.2, -0.15) is 0 Å². The Balaban J connectivity index is 2.52. The van der Waals surface area contributed by atoms with Crippen molar-refractivity contribution in [3.63, 3.8) is 0 Å². The van der Waals surface area contributed by atoms with Crippen molar-refractivity contribution in [2.45, 2.75) is 13.3 Å². The van der Waals surface area contributed by atoms with Crippen LogP contribution in [0.2, 0.25) is 0 Å². The fraction of sp³-hybridized carbons (Fsp3) is 0.364. The minimum absolute atomic E-state index is 0.00456. The third kappa shape index (κ3) is 3.78. The van der Waals surface area contributed by atoms with Gasteiger partial charge in [0.25, 0.3) is 0 Å². The highest BCUT2D eigenvalue weighted by atomic mass is 16.5. The summed E-state index contributed by atoms with van der Waals surface area (Å²) in [6.07, 6.45) is -0.106. The molecule has 0 saturated heterocycles. The largest absolute Gasteiger partial charge is 0.449 e. The van der Waals surface area contributed by atoms with Crippen molar-refractivity contribution in [2.75, 3.05) is 24.3 Å². The summed E-state index contributed by atoms with van der Waals surface area (Å²) in [5, 5.41) is 11.1. The van der Waals surface area contributed by atoms with Gasteiger partial charge in [-0.1, -0.05) is 6.07 Å². The zero-order valence-electron chi connectivity index (χ0n) is 9.19. The molecular weight excluding hydrogens is 208 g/mol. The molecule has 0 aliphatic carbocycles. The van der Waals surface area contributed by atoms with Crippen LogP contribution in [0.1, 0.15) is 12.0 Å². The van der Waals surface area contributed by atoms with Gasteiger partial charge in [0.15, 0.2) is 0 Å². The monoisotopic (exact) mass is 224 g/mol. The van der Waals surface area contributed by atoms with Gasteiger partial charge in [0.05, 0.1) is 6.61 Å². The number of ether oxygens (including phenoxy) is 1. The van der Waals surface area contributed by atoms with Gasteiger partial charge >= 0.3 is 6.09 Å². The second-order valence-electron chi connectivity index (χ2n) is 3.41. The third-order valence-electron chi connectivity index (χ3n) is 2.03. The number of aryl methyl sites for hydroxylation is 1. The molecule has 0 bridgehead atoms. The molecule has 0 unspecified atom stereocenters. The molecule has 88 valence electrons. The van der Waals surface area contributed by atoms with Gasteiger partial charge < -0.3 is 15.6 Å². The number of nitrogen functional groups attached to an aromatic ring is 1. The molecule has 1 rings (SSSR count). The van der Waals surface area contributed by atoms with Gasteiger partial charge in [0, 0.05) is 24.4 Å². The Kier molecular flexibility index (Phi) is 4.60. The summed E-state index contributed by atoms with van der Waals surface area (Å²) < 4.78 is 4.83. The van der Waals surface area contributed by atoms with Crippen LogP contribution in [0.25, 0.3) is 0 Å². The van der Waals surface area contributed by atoms with Crippen LogP contribution in [-0.4, -0.2) is 24.4 Å². The summed E-state index contributed by atoms with van der Waals surface area (Å²) in [6.45, 7) is 2.07. The van der Waals surface area contributed by atoms with E-state index in [9.17, 15) is 4.79 Å². The molecule has 0 heterocycles. The van der Waals surface area contributed by atoms with Gasteiger partial charge in [0.1, 0.15) is 0 Å². The molecule has 0 atom stereocenters. The van der Waals surface area contributed by atoms with E-state index in [0.717, 1.165) is 5.56 Å². The number of nitrogens with one attached hydrogen (secondary N) is 1. The van der Waals surface area contributed by atoms with Crippen LogP contribution in [-0.2, 0) is 4.74 Å². The molecule has 5 nitrogen and oxygen atoms in total. The van der Waals surface area contributed by atoms with Gasteiger partial charge in [-0.15, -0.1) is 0 Å². The second kappa shape index (κ2) is 5.97. The molecule has 0 saturated carbocycles. The van der Waals surface area contributed by atoms with E-state index in [0.29, 0.717) is 17.8 Å². The lowest BCUT2D eigenvalue weighted by Gasteiger charge is -2.09. The number of amides is 1. The van der Waals surface area contributed by atoms with Crippen molar-refractivity contribution >= 4 is 17.5 Å². The number of carbonyl (C=O) groups excluding carboxylic acids is 1. The number of carbonyl (C=O) groups is 1. The fourth-order valence-corrected chi connectivity index (χ4v) is 1.15. The minimum Gasteiger partial charge on any atom is -0.449 e. The normalized spacial score (nSPS) is 9.88. The standard InChI is InChI=1S/C11H16N2O3/c1-8-3-4-9(12)7-10(8)13-11(15)16-6-2-5-14/h3-4,7,14H,2,5-6,12H2,1H3,(H,13,15). The van der Waals surface area contributed by atoms with E-state index in [1.54, 1.807) is 12.1 Å². The third-order valence-corrected chi connectivity index (χ3v) is 2.03. The Bertz CT molecular complexity index is 366. The van der Waals surface area contributed by atoms with Crippen molar-refractivity contribution < 1.29 is 14.6 Å². The van der Waals surface area contributed by atoms with E-state index in [1.807, 2.05) is 13.0 Å². The highest BCUT2D eigenvalue weighted by Gasteiger charge is 2.05. The maximum absolute atomic E-state index is 11.3. The van der Waals surface area contributed by atoms with Crippen LogP contribution < -0.4 is 11.1 Å². The van der Waals surface area contributed by atoms with Crippen molar-refractivity contribution in [3.05, 3.63) is 23.8 Å². The zero-order valence-corrected chi connectivity index (χ0v) is 9.19. The summed E-state index contributed by atoms with van der Waals surface area (Å²) in [6, 6.07) is 5.25. The Morgan fingerprint density at radius 2 is 2.31 bits per heavy atom. The summed E-state index contributed by atoms with van der Waals surface area (Å²) in [7, 11) is 0. The lowest BCUT2D eigenvalue weighted by molar-refractivity contribution is 0.149. The van der Waals surface area contributed by atoms with Crippen LogP contribution >= 0.6 is 0 Å². The van der Waals surface area contributed by atoms with Crippen molar-refractivity contribution in [1.82, 2.24) is 0 Å². The lowest BCUT2D eigenvalue weighted by atomic mass is 10.2. The minimum atomic E-state index is -0.540. The van der Waals surface area contributed by atoms with Crippen LogP contribution in [0, 0.1) is 6.92 Å². The summed E-state index contributed by atoms with van der Waals surface area (Å²) in [4.78, 5) is 11.3. The quantitative estimate of drug-likeness (QED) is 0.534. The number of hydrogen-bond acceptors (Lipinski definition) is 4. The van der Waals surface area contributed by atoms with E-state index >= 15 is 0 Å². The van der Waals surface area contributed by atoms with E-state index in [-0.39, 0.29) is 13.2 Å². The molecule has 16 heavy (non-hydrogen) atoms. The summed E-state index contributed by atoms with van der Waals surface area (Å²) in [5.41, 5.74) is 7.72. The second-order valence-corrected chi connectivity index (χ2v) is 3.41. The summed E-state index contributed by atoms with van der Waals surface area (Å²) in [5.74, 6) is 0. The lowest BCUT2D eigenvalue weighted by Crippen LogP contribution is -2.15. The molecule has 1 aromatic rings. The van der Waals surface area contributed by atoms with Crippen LogP contribution in [0.4, 0.5) is 16.2 Å². The summed E-state index contributed by atoms with van der Waals surface area (Å²) >= 11 is 0. The van der Waals surface area contributed by atoms with Crippen LogP contribution in [0.15, 0.2) is 18.2 Å². The Morgan fingerprint density at radius 1 is 1.56 bits per heavy atom. The average Bonchev–Trinajstić information content (AvgIpc) is 2.24. The zero-order chi connectivity index (χ0) is 12.0. The first kappa shape index (κ1) is 12.3. The Labute approximate surface area is 94.2 Å². The van der Waals surface area contributed by atoms with Crippen LogP contribution in [0.3, 0.4) is 0 Å². The molecule has 4 N–H and O–H groups in total. The van der Waals surface area contributed by atoms with E-state index in [4.69, 9.17) is 15.6 Å².